The molecule has 1 saturated heterocycles. The van der Waals surface area contributed by atoms with Gasteiger partial charge >= 0.3 is 0 Å². The van der Waals surface area contributed by atoms with Gasteiger partial charge in [0.25, 0.3) is 0 Å². The van der Waals surface area contributed by atoms with E-state index in [4.69, 9.17) is 0 Å². The highest BCUT2D eigenvalue weighted by Crippen LogP contribution is 2.34. The van der Waals surface area contributed by atoms with Gasteiger partial charge in [0.1, 0.15) is 6.54 Å². The van der Waals surface area contributed by atoms with E-state index in [1.54, 1.807) is 16.2 Å². The molecule has 0 spiro atoms. The topological polar surface area (TPSA) is 52.7 Å². The minimum atomic E-state index is -0.0783. The number of nitrogens with zero attached hydrogens (tertiary/aromatic N) is 2. The number of carbonyl (C=O) groups excluding carboxylic acids is 2. The van der Waals surface area contributed by atoms with E-state index in [-0.39, 0.29) is 18.4 Å². The normalized spacial score (nSPS) is 20.1. The molecule has 2 aliphatic heterocycles. The molecule has 1 fully saturated rings. The number of amides is 2. The first-order valence-electron chi connectivity index (χ1n) is 9.72. The van der Waals surface area contributed by atoms with Gasteiger partial charge in [-0.3, -0.25) is 14.5 Å². The first-order valence-corrected chi connectivity index (χ1v) is 11.6. The maximum atomic E-state index is 12.5. The zero-order valence-electron chi connectivity index (χ0n) is 15.8. The molecule has 1 aromatic heterocycles. The molecule has 0 saturated carbocycles. The predicted molar refractivity (Wildman–Crippen MR) is 115 cm³/mol. The van der Waals surface area contributed by atoms with Gasteiger partial charge in [-0.2, -0.15) is 0 Å². The van der Waals surface area contributed by atoms with Gasteiger partial charge < -0.3 is 10.2 Å². The largest absolute Gasteiger partial charge is 0.354 e. The van der Waals surface area contributed by atoms with E-state index in [1.807, 2.05) is 24.3 Å². The number of thioether (sulfide) groups is 1. The Balaban J connectivity index is 1.28. The van der Waals surface area contributed by atoms with E-state index in [0.29, 0.717) is 18.2 Å². The van der Waals surface area contributed by atoms with Gasteiger partial charge in [0.15, 0.2) is 0 Å². The summed E-state index contributed by atoms with van der Waals surface area (Å²) in [6.45, 7) is 3.92. The number of likely N-dealkylation sites (tertiary alicyclic amines) is 1. The van der Waals surface area contributed by atoms with E-state index in [0.717, 1.165) is 36.6 Å². The first kappa shape index (κ1) is 19.5. The maximum Gasteiger partial charge on any atom is 0.240 e. The minimum absolute atomic E-state index is 0.00126. The Bertz CT molecular complexity index is 825. The first-order chi connectivity index (χ1) is 13.7. The molecule has 2 aliphatic rings. The average molecular weight is 416 g/mol. The molecule has 7 heteroatoms. The third kappa shape index (κ3) is 4.77. The van der Waals surface area contributed by atoms with Crippen molar-refractivity contribution in [1.29, 1.82) is 0 Å². The molecule has 1 unspecified atom stereocenters. The quantitative estimate of drug-likeness (QED) is 0.787. The Morgan fingerprint density at radius 1 is 1.21 bits per heavy atom. The third-order valence-corrected chi connectivity index (χ3v) is 7.17. The number of carbonyl (C=O) groups is 2. The Morgan fingerprint density at radius 3 is 2.96 bits per heavy atom. The molecule has 28 heavy (non-hydrogen) atoms. The molecule has 4 rings (SSSR count). The second-order valence-electron chi connectivity index (χ2n) is 7.36. The number of hydrogen-bond acceptors (Lipinski definition) is 5. The van der Waals surface area contributed by atoms with E-state index >= 15 is 0 Å². The smallest absolute Gasteiger partial charge is 0.240 e. The lowest BCUT2D eigenvalue weighted by Gasteiger charge is -2.33. The summed E-state index contributed by atoms with van der Waals surface area (Å²) in [6.07, 6.45) is 2.31. The lowest BCUT2D eigenvalue weighted by molar-refractivity contribution is -0.123. The molecular formula is C21H25N3O2S2. The van der Waals surface area contributed by atoms with Crippen LogP contribution in [-0.4, -0.2) is 48.6 Å². The van der Waals surface area contributed by atoms with Gasteiger partial charge in [0.2, 0.25) is 11.8 Å². The summed E-state index contributed by atoms with van der Waals surface area (Å²) in [5.74, 6) is 0.784. The van der Waals surface area contributed by atoms with Gasteiger partial charge in [-0.15, -0.1) is 23.1 Å². The zero-order valence-corrected chi connectivity index (χ0v) is 17.4. The van der Waals surface area contributed by atoms with Crippen LogP contribution in [0.15, 0.2) is 46.7 Å². The van der Waals surface area contributed by atoms with Crippen molar-refractivity contribution in [2.45, 2.75) is 24.3 Å². The van der Waals surface area contributed by atoms with Crippen LogP contribution in [0.5, 0.6) is 0 Å². The lowest BCUT2D eigenvalue weighted by Crippen LogP contribution is -2.46. The van der Waals surface area contributed by atoms with Crippen LogP contribution in [0.2, 0.25) is 0 Å². The molecule has 2 aromatic rings. The summed E-state index contributed by atoms with van der Waals surface area (Å²) < 4.78 is 0. The molecule has 0 radical (unpaired) electrons. The Hall–Kier alpha value is -1.83. The number of rotatable bonds is 6. The molecule has 1 atom stereocenters. The number of nitrogens with one attached hydrogen (secondary N) is 1. The second kappa shape index (κ2) is 9.11. The number of hydrogen-bond donors (Lipinski definition) is 1. The van der Waals surface area contributed by atoms with Crippen molar-refractivity contribution >= 4 is 40.6 Å². The SMILES string of the molecule is O=C(CN1C(=O)CSc2ccccc21)NCC1CCCN(Cc2cccs2)C1. The number of benzene rings is 1. The Morgan fingerprint density at radius 2 is 2.11 bits per heavy atom. The monoisotopic (exact) mass is 415 g/mol. The van der Waals surface area contributed by atoms with Crippen LogP contribution in [0.1, 0.15) is 17.7 Å². The molecule has 1 aromatic carbocycles. The van der Waals surface area contributed by atoms with Crippen LogP contribution in [0.4, 0.5) is 5.69 Å². The van der Waals surface area contributed by atoms with Crippen LogP contribution in [0.3, 0.4) is 0 Å². The van der Waals surface area contributed by atoms with Crippen LogP contribution in [-0.2, 0) is 16.1 Å². The molecule has 0 aliphatic carbocycles. The Kier molecular flexibility index (Phi) is 6.34. The van der Waals surface area contributed by atoms with Gasteiger partial charge in [-0.25, -0.2) is 0 Å². The standard InChI is InChI=1S/C21H25N3O2S2/c25-20(14-24-18-7-1-2-8-19(18)28-15-21(24)26)22-11-16-5-3-9-23(12-16)13-17-6-4-10-27-17/h1-2,4,6-8,10,16H,3,5,9,11-15H2,(H,22,25). The van der Waals surface area contributed by atoms with E-state index in [2.05, 4.69) is 27.7 Å². The van der Waals surface area contributed by atoms with Crippen LogP contribution < -0.4 is 10.2 Å². The van der Waals surface area contributed by atoms with Crippen LogP contribution >= 0.6 is 23.1 Å². The third-order valence-electron chi connectivity index (χ3n) is 5.26. The summed E-state index contributed by atoms with van der Waals surface area (Å²) >= 11 is 3.34. The molecule has 5 nitrogen and oxygen atoms in total. The molecule has 148 valence electrons. The number of anilines is 1. The van der Waals surface area contributed by atoms with Crippen LogP contribution in [0.25, 0.3) is 0 Å². The number of piperidine rings is 1. The summed E-state index contributed by atoms with van der Waals surface area (Å²) in [7, 11) is 0. The number of fused-ring (bicyclic) bond motifs is 1. The van der Waals surface area contributed by atoms with Crippen molar-refractivity contribution < 1.29 is 9.59 Å². The fourth-order valence-electron chi connectivity index (χ4n) is 3.87. The highest BCUT2D eigenvalue weighted by Gasteiger charge is 2.27. The number of thiophene rings is 1. The van der Waals surface area contributed by atoms with Gasteiger partial charge in [0.05, 0.1) is 11.4 Å². The van der Waals surface area contributed by atoms with E-state index in [1.165, 1.54) is 23.1 Å². The van der Waals surface area contributed by atoms with Gasteiger partial charge in [-0.1, -0.05) is 18.2 Å². The summed E-state index contributed by atoms with van der Waals surface area (Å²) in [6, 6.07) is 12.1. The predicted octanol–water partition coefficient (Wildman–Crippen LogP) is 3.22. The van der Waals surface area contributed by atoms with E-state index in [9.17, 15) is 9.59 Å². The maximum absolute atomic E-state index is 12.5. The van der Waals surface area contributed by atoms with Crippen molar-refractivity contribution in [3.63, 3.8) is 0 Å². The molecule has 0 bridgehead atoms. The summed E-state index contributed by atoms with van der Waals surface area (Å²) in [4.78, 5) is 31.4. The van der Waals surface area contributed by atoms with E-state index < -0.39 is 0 Å². The van der Waals surface area contributed by atoms with Gasteiger partial charge in [0, 0.05) is 29.4 Å². The zero-order chi connectivity index (χ0) is 19.3. The minimum Gasteiger partial charge on any atom is -0.354 e. The average Bonchev–Trinajstić information content (AvgIpc) is 3.22. The highest BCUT2D eigenvalue weighted by molar-refractivity contribution is 8.00. The van der Waals surface area contributed by atoms with Crippen molar-refractivity contribution in [2.24, 2.45) is 5.92 Å². The van der Waals surface area contributed by atoms with Crippen LogP contribution in [0, 0.1) is 5.92 Å². The molecule has 3 heterocycles. The molecule has 2 amide bonds. The Labute approximate surface area is 174 Å². The summed E-state index contributed by atoms with van der Waals surface area (Å²) in [5, 5.41) is 5.19. The lowest BCUT2D eigenvalue weighted by atomic mass is 9.98. The fourth-order valence-corrected chi connectivity index (χ4v) is 5.55. The second-order valence-corrected chi connectivity index (χ2v) is 9.41. The van der Waals surface area contributed by atoms with Gasteiger partial charge in [-0.05, 0) is 48.9 Å². The summed E-state index contributed by atoms with van der Waals surface area (Å²) in [5.41, 5.74) is 0.846. The van der Waals surface area contributed by atoms with Crippen molar-refractivity contribution in [3.8, 4) is 0 Å². The molecular weight excluding hydrogens is 390 g/mol. The fraction of sp³-hybridized carbons (Fsp3) is 0.429. The van der Waals surface area contributed by atoms with Crippen molar-refractivity contribution in [1.82, 2.24) is 10.2 Å². The van der Waals surface area contributed by atoms with Crippen molar-refractivity contribution in [3.05, 3.63) is 46.7 Å². The molecule has 1 N–H and O–H groups in total. The number of para-hydroxylation sites is 1. The highest BCUT2D eigenvalue weighted by atomic mass is 32.2. The van der Waals surface area contributed by atoms with Crippen molar-refractivity contribution in [2.75, 3.05) is 36.8 Å².